The van der Waals surface area contributed by atoms with Crippen LogP contribution >= 0.6 is 11.8 Å². The van der Waals surface area contributed by atoms with Crippen LogP contribution < -0.4 is 4.90 Å². The summed E-state index contributed by atoms with van der Waals surface area (Å²) in [7, 11) is 0. The lowest BCUT2D eigenvalue weighted by Crippen LogP contribution is -2.44. The number of hydrogen-bond acceptors (Lipinski definition) is 5. The van der Waals surface area contributed by atoms with Gasteiger partial charge in [-0.25, -0.2) is 0 Å². The Morgan fingerprint density at radius 3 is 2.48 bits per heavy atom. The number of thioether (sulfide) groups is 1. The molecule has 0 aromatic heterocycles. The Bertz CT molecular complexity index is 715. The number of fused-ring (bicyclic) bond motifs is 1. The van der Waals surface area contributed by atoms with E-state index in [9.17, 15) is 9.59 Å². The first-order chi connectivity index (χ1) is 14.2. The van der Waals surface area contributed by atoms with Gasteiger partial charge in [0.15, 0.2) is 0 Å². The normalized spacial score (nSPS) is 21.1. The molecule has 0 unspecified atom stereocenters. The SMILES string of the molecule is O=C(CCC(=O)N1CCSc2ccccc21)N1CCC(CN2CCOCC2)CC1. The Kier molecular flexibility index (Phi) is 7.11. The fraction of sp³-hybridized carbons (Fsp3) is 0.636. The molecule has 4 rings (SSSR count). The second-order valence-electron chi connectivity index (χ2n) is 8.10. The van der Waals surface area contributed by atoms with E-state index in [-0.39, 0.29) is 11.8 Å². The summed E-state index contributed by atoms with van der Waals surface area (Å²) in [6.45, 7) is 7.23. The highest BCUT2D eigenvalue weighted by atomic mass is 32.2. The number of para-hydroxylation sites is 1. The van der Waals surface area contributed by atoms with Crippen LogP contribution in [0.5, 0.6) is 0 Å². The first-order valence-corrected chi connectivity index (χ1v) is 11.8. The van der Waals surface area contributed by atoms with Crippen molar-refractivity contribution in [1.82, 2.24) is 9.80 Å². The summed E-state index contributed by atoms with van der Waals surface area (Å²) in [5.41, 5.74) is 0.991. The predicted molar refractivity (Wildman–Crippen MR) is 115 cm³/mol. The molecular weight excluding hydrogens is 386 g/mol. The molecular formula is C22H31N3O3S. The van der Waals surface area contributed by atoms with E-state index >= 15 is 0 Å². The van der Waals surface area contributed by atoms with Crippen molar-refractivity contribution in [1.29, 1.82) is 0 Å². The highest BCUT2D eigenvalue weighted by Crippen LogP contribution is 2.34. The summed E-state index contributed by atoms with van der Waals surface area (Å²) >= 11 is 1.79. The van der Waals surface area contributed by atoms with Crippen molar-refractivity contribution in [2.75, 3.05) is 63.1 Å². The van der Waals surface area contributed by atoms with Crippen LogP contribution in [0.2, 0.25) is 0 Å². The summed E-state index contributed by atoms with van der Waals surface area (Å²) in [6, 6.07) is 8.04. The molecule has 0 atom stereocenters. The number of anilines is 1. The average molecular weight is 418 g/mol. The van der Waals surface area contributed by atoms with Crippen LogP contribution in [-0.4, -0.2) is 79.8 Å². The summed E-state index contributed by atoms with van der Waals surface area (Å²) in [6.07, 6.45) is 2.74. The van der Waals surface area contributed by atoms with Crippen molar-refractivity contribution in [2.45, 2.75) is 30.6 Å². The number of likely N-dealkylation sites (tertiary alicyclic amines) is 1. The zero-order chi connectivity index (χ0) is 20.1. The van der Waals surface area contributed by atoms with E-state index in [1.54, 1.807) is 11.8 Å². The number of ether oxygens (including phenoxy) is 1. The maximum atomic E-state index is 12.8. The molecule has 158 valence electrons. The number of morpholine rings is 1. The zero-order valence-corrected chi connectivity index (χ0v) is 17.9. The predicted octanol–water partition coefficient (Wildman–Crippen LogP) is 2.48. The van der Waals surface area contributed by atoms with Crippen LogP contribution in [0, 0.1) is 5.92 Å². The molecule has 0 N–H and O–H groups in total. The molecule has 7 heteroatoms. The Labute approximate surface area is 177 Å². The summed E-state index contributed by atoms with van der Waals surface area (Å²) < 4.78 is 5.42. The van der Waals surface area contributed by atoms with Crippen molar-refractivity contribution < 1.29 is 14.3 Å². The van der Waals surface area contributed by atoms with Gasteiger partial charge < -0.3 is 14.5 Å². The molecule has 3 heterocycles. The first kappa shape index (κ1) is 20.7. The molecule has 29 heavy (non-hydrogen) atoms. The molecule has 1 aromatic carbocycles. The molecule has 0 spiro atoms. The van der Waals surface area contributed by atoms with Gasteiger partial charge in [-0.05, 0) is 30.9 Å². The third kappa shape index (κ3) is 5.32. The van der Waals surface area contributed by atoms with Gasteiger partial charge in [0.25, 0.3) is 0 Å². The molecule has 6 nitrogen and oxygen atoms in total. The lowest BCUT2D eigenvalue weighted by Gasteiger charge is -2.36. The molecule has 3 aliphatic heterocycles. The lowest BCUT2D eigenvalue weighted by atomic mass is 9.95. The van der Waals surface area contributed by atoms with Crippen molar-refractivity contribution in [3.63, 3.8) is 0 Å². The van der Waals surface area contributed by atoms with Crippen LogP contribution in [0.4, 0.5) is 5.69 Å². The van der Waals surface area contributed by atoms with Gasteiger partial charge in [-0.15, -0.1) is 11.8 Å². The van der Waals surface area contributed by atoms with Crippen LogP contribution in [0.1, 0.15) is 25.7 Å². The van der Waals surface area contributed by atoms with E-state index < -0.39 is 0 Å². The molecule has 2 fully saturated rings. The quantitative estimate of drug-likeness (QED) is 0.737. The van der Waals surface area contributed by atoms with E-state index in [4.69, 9.17) is 4.74 Å². The number of hydrogen-bond donors (Lipinski definition) is 0. The summed E-state index contributed by atoms with van der Waals surface area (Å²) in [5, 5.41) is 0. The Morgan fingerprint density at radius 1 is 0.966 bits per heavy atom. The Morgan fingerprint density at radius 2 is 1.69 bits per heavy atom. The number of carbonyl (C=O) groups is 2. The van der Waals surface area contributed by atoms with Gasteiger partial charge in [-0.3, -0.25) is 14.5 Å². The number of nitrogens with zero attached hydrogens (tertiary/aromatic N) is 3. The van der Waals surface area contributed by atoms with E-state index in [1.807, 2.05) is 28.0 Å². The third-order valence-corrected chi connectivity index (χ3v) is 7.21. The standard InChI is InChI=1S/C22H31N3O3S/c26-21(24-9-7-18(8-10-24)17-23-11-14-28-15-12-23)5-6-22(27)25-13-16-29-20-4-2-1-3-19(20)25/h1-4,18H,5-17H2. The van der Waals surface area contributed by atoms with Crippen LogP contribution in [0.3, 0.4) is 0 Å². The Balaban J connectivity index is 1.21. The van der Waals surface area contributed by atoms with E-state index in [0.29, 0.717) is 18.8 Å². The van der Waals surface area contributed by atoms with E-state index in [1.165, 1.54) is 0 Å². The van der Waals surface area contributed by atoms with Gasteiger partial charge in [0, 0.05) is 62.8 Å². The number of piperidine rings is 1. The van der Waals surface area contributed by atoms with Gasteiger partial charge in [0.1, 0.15) is 0 Å². The second-order valence-corrected chi connectivity index (χ2v) is 9.24. The molecule has 0 aliphatic carbocycles. The van der Waals surface area contributed by atoms with E-state index in [0.717, 1.165) is 81.7 Å². The third-order valence-electron chi connectivity index (χ3n) is 6.17. The smallest absolute Gasteiger partial charge is 0.227 e. The minimum Gasteiger partial charge on any atom is -0.379 e. The van der Waals surface area contributed by atoms with Crippen LogP contribution in [0.25, 0.3) is 0 Å². The molecule has 2 saturated heterocycles. The van der Waals surface area contributed by atoms with Gasteiger partial charge in [-0.2, -0.15) is 0 Å². The molecule has 0 saturated carbocycles. The average Bonchev–Trinajstić information content (AvgIpc) is 2.78. The zero-order valence-electron chi connectivity index (χ0n) is 17.1. The maximum absolute atomic E-state index is 12.8. The number of amides is 2. The van der Waals surface area contributed by atoms with Gasteiger partial charge in [-0.1, -0.05) is 12.1 Å². The molecule has 3 aliphatic rings. The minimum absolute atomic E-state index is 0.0632. The maximum Gasteiger partial charge on any atom is 0.227 e. The number of benzene rings is 1. The van der Waals surface area contributed by atoms with Crippen LogP contribution in [0.15, 0.2) is 29.2 Å². The van der Waals surface area contributed by atoms with E-state index in [2.05, 4.69) is 11.0 Å². The summed E-state index contributed by atoms with van der Waals surface area (Å²) in [5.74, 6) is 1.77. The lowest BCUT2D eigenvalue weighted by molar-refractivity contribution is -0.134. The highest BCUT2D eigenvalue weighted by Gasteiger charge is 2.27. The van der Waals surface area contributed by atoms with Crippen molar-refractivity contribution in [2.24, 2.45) is 5.92 Å². The number of rotatable bonds is 5. The minimum atomic E-state index is 0.0632. The topological polar surface area (TPSA) is 53.1 Å². The van der Waals surface area contributed by atoms with Gasteiger partial charge in [0.05, 0.1) is 18.9 Å². The summed E-state index contributed by atoms with van der Waals surface area (Å²) in [4.78, 5) is 32.9. The molecule has 1 aromatic rings. The number of carbonyl (C=O) groups excluding carboxylic acids is 2. The largest absolute Gasteiger partial charge is 0.379 e. The first-order valence-electron chi connectivity index (χ1n) is 10.8. The van der Waals surface area contributed by atoms with Crippen molar-refractivity contribution in [3.8, 4) is 0 Å². The molecule has 0 bridgehead atoms. The monoisotopic (exact) mass is 417 g/mol. The van der Waals surface area contributed by atoms with Gasteiger partial charge in [0.2, 0.25) is 11.8 Å². The fourth-order valence-electron chi connectivity index (χ4n) is 4.45. The van der Waals surface area contributed by atoms with Crippen LogP contribution in [-0.2, 0) is 14.3 Å². The highest BCUT2D eigenvalue weighted by molar-refractivity contribution is 7.99. The second kappa shape index (κ2) is 9.96. The molecule has 0 radical (unpaired) electrons. The van der Waals surface area contributed by atoms with Crippen molar-refractivity contribution >= 4 is 29.3 Å². The van der Waals surface area contributed by atoms with Gasteiger partial charge >= 0.3 is 0 Å². The Hall–Kier alpha value is -1.57. The van der Waals surface area contributed by atoms with Crippen molar-refractivity contribution in [3.05, 3.63) is 24.3 Å². The molecule has 2 amide bonds. The fourth-order valence-corrected chi connectivity index (χ4v) is 5.44.